The molecule has 2 aliphatic heterocycles. The van der Waals surface area contributed by atoms with Gasteiger partial charge in [0, 0.05) is 36.5 Å². The van der Waals surface area contributed by atoms with Crippen molar-refractivity contribution >= 4 is 0 Å². The molecule has 3 aliphatic carbocycles. The molecule has 1 saturated carbocycles. The zero-order valence-electron chi connectivity index (χ0n) is 19.0. The third kappa shape index (κ3) is 2.17. The summed E-state index contributed by atoms with van der Waals surface area (Å²) in [5.41, 5.74) is 8.32. The van der Waals surface area contributed by atoms with E-state index in [0.29, 0.717) is 23.7 Å². The van der Waals surface area contributed by atoms with Crippen LogP contribution >= 0.6 is 0 Å². The first-order chi connectivity index (χ1) is 16.8. The summed E-state index contributed by atoms with van der Waals surface area (Å²) in [5, 5.41) is 10.8. The number of hydrogen-bond donors (Lipinski definition) is 0. The van der Waals surface area contributed by atoms with Gasteiger partial charge in [0.05, 0.1) is 0 Å². The van der Waals surface area contributed by atoms with Crippen LogP contribution in [0.2, 0.25) is 0 Å². The van der Waals surface area contributed by atoms with Crippen molar-refractivity contribution in [3.63, 3.8) is 0 Å². The van der Waals surface area contributed by atoms with Crippen molar-refractivity contribution in [1.82, 2.24) is 0 Å². The fourth-order valence-electron chi connectivity index (χ4n) is 8.09. The Morgan fingerprint density at radius 2 is 0.706 bits per heavy atom. The van der Waals surface area contributed by atoms with Gasteiger partial charge in [0.1, 0.15) is 11.1 Å². The van der Waals surface area contributed by atoms with E-state index in [-0.39, 0.29) is 11.1 Å². The molecule has 6 atom stereocenters. The molecule has 0 radical (unpaired) electrons. The van der Waals surface area contributed by atoms with Gasteiger partial charge in [0.15, 0.2) is 0 Å². The molecule has 4 aromatic rings. The highest BCUT2D eigenvalue weighted by Gasteiger charge is 2.76. The van der Waals surface area contributed by atoms with E-state index >= 15 is 0 Å². The number of rotatable bonds is 4. The minimum atomic E-state index is -0.210. The predicted octanol–water partition coefficient (Wildman–Crippen LogP) is 7.19. The summed E-state index contributed by atoms with van der Waals surface area (Å²) in [6.45, 7) is 0. The quantitative estimate of drug-likeness (QED) is 0.322. The van der Waals surface area contributed by atoms with E-state index in [1.165, 1.54) is 33.4 Å². The summed E-state index contributed by atoms with van der Waals surface area (Å²) < 4.78 is 0. The van der Waals surface area contributed by atoms with Crippen LogP contribution in [-0.4, -0.2) is 11.1 Å². The highest BCUT2D eigenvalue weighted by Crippen LogP contribution is 2.78. The Kier molecular flexibility index (Phi) is 3.63. The van der Waals surface area contributed by atoms with Crippen LogP contribution in [0, 0.1) is 0 Å². The maximum absolute atomic E-state index is 5.38. The van der Waals surface area contributed by atoms with Crippen molar-refractivity contribution in [2.45, 2.75) is 47.6 Å². The number of hydrogen-bond acceptors (Lipinski definition) is 2. The molecule has 1 fully saturated rings. The van der Waals surface area contributed by atoms with Crippen LogP contribution in [0.5, 0.6) is 0 Å². The Hall–Kier alpha value is -3.52. The van der Waals surface area contributed by atoms with Crippen LogP contribution in [0.1, 0.15) is 57.1 Å². The standard InChI is InChI=1S/C32H26N2/c1-3-11-21(12-4-1)19-31-27-23-15-7-9-17-25(23)29(27)32(34-33-31,20-22-13-5-2-6-14-22)30-26-18-10-8-16-24(26)28(30)31/h1-18,27-30H,19-20H2/t27-,28-,29-,30+,31?,32?/m1/s1. The van der Waals surface area contributed by atoms with E-state index in [1.807, 2.05) is 0 Å². The van der Waals surface area contributed by atoms with E-state index in [2.05, 4.69) is 109 Å². The van der Waals surface area contributed by atoms with E-state index in [0.717, 1.165) is 12.8 Å². The van der Waals surface area contributed by atoms with Crippen molar-refractivity contribution in [3.8, 4) is 0 Å². The second kappa shape index (κ2) is 6.54. The van der Waals surface area contributed by atoms with Crippen LogP contribution in [0.3, 0.4) is 0 Å². The number of azo groups is 1. The van der Waals surface area contributed by atoms with E-state index in [4.69, 9.17) is 10.2 Å². The monoisotopic (exact) mass is 438 g/mol. The second-order valence-corrected chi connectivity index (χ2v) is 10.7. The molecule has 34 heavy (non-hydrogen) atoms. The van der Waals surface area contributed by atoms with Crippen molar-refractivity contribution < 1.29 is 0 Å². The summed E-state index contributed by atoms with van der Waals surface area (Å²) in [6, 6.07) is 40.2. The lowest BCUT2D eigenvalue weighted by Crippen LogP contribution is -2.70. The molecule has 9 rings (SSSR count). The Bertz CT molecular complexity index is 1270. The van der Waals surface area contributed by atoms with Gasteiger partial charge in [0.2, 0.25) is 0 Å². The Morgan fingerprint density at radius 3 is 1.03 bits per heavy atom. The first-order valence-corrected chi connectivity index (χ1v) is 12.5. The van der Waals surface area contributed by atoms with Gasteiger partial charge in [-0.3, -0.25) is 0 Å². The molecule has 0 N–H and O–H groups in total. The lowest BCUT2D eigenvalue weighted by molar-refractivity contribution is -0.00126. The third-order valence-electron chi connectivity index (χ3n) is 9.24. The lowest BCUT2D eigenvalue weighted by Gasteiger charge is -2.71. The van der Waals surface area contributed by atoms with Crippen LogP contribution < -0.4 is 0 Å². The molecule has 0 aromatic heterocycles. The summed E-state index contributed by atoms with van der Waals surface area (Å²) in [4.78, 5) is 0. The number of nitrogens with zero attached hydrogens (tertiary/aromatic N) is 2. The lowest BCUT2D eigenvalue weighted by atomic mass is 9.35. The molecule has 2 bridgehead atoms. The zero-order valence-corrected chi connectivity index (χ0v) is 19.0. The first-order valence-electron chi connectivity index (χ1n) is 12.5. The van der Waals surface area contributed by atoms with E-state index < -0.39 is 0 Å². The van der Waals surface area contributed by atoms with Gasteiger partial charge in [-0.15, -0.1) is 0 Å². The molecule has 2 heterocycles. The summed E-state index contributed by atoms with van der Waals surface area (Å²) >= 11 is 0. The average Bonchev–Trinajstić information content (AvgIpc) is 2.85. The van der Waals surface area contributed by atoms with E-state index in [1.54, 1.807) is 0 Å². The minimum Gasteiger partial charge on any atom is -0.185 e. The molecule has 164 valence electrons. The highest BCUT2D eigenvalue weighted by atomic mass is 15.3. The zero-order chi connectivity index (χ0) is 22.3. The maximum atomic E-state index is 5.38. The van der Waals surface area contributed by atoms with Crippen molar-refractivity contribution in [2.75, 3.05) is 0 Å². The molecular formula is C32H26N2. The van der Waals surface area contributed by atoms with Crippen LogP contribution in [-0.2, 0) is 12.8 Å². The Labute approximate surface area is 200 Å². The molecule has 2 unspecified atom stereocenters. The van der Waals surface area contributed by atoms with Gasteiger partial charge in [-0.2, -0.15) is 10.2 Å². The molecular weight excluding hydrogens is 412 g/mol. The van der Waals surface area contributed by atoms with Gasteiger partial charge in [-0.1, -0.05) is 109 Å². The van der Waals surface area contributed by atoms with Crippen LogP contribution in [0.15, 0.2) is 119 Å². The summed E-state index contributed by atoms with van der Waals surface area (Å²) in [5.74, 6) is 1.67. The van der Waals surface area contributed by atoms with Crippen molar-refractivity contribution in [1.29, 1.82) is 0 Å². The van der Waals surface area contributed by atoms with Crippen LogP contribution in [0.4, 0.5) is 0 Å². The molecule has 4 aromatic carbocycles. The molecule has 0 saturated heterocycles. The van der Waals surface area contributed by atoms with Gasteiger partial charge >= 0.3 is 0 Å². The largest absolute Gasteiger partial charge is 0.185 e. The van der Waals surface area contributed by atoms with Gasteiger partial charge in [-0.25, -0.2) is 0 Å². The molecule has 0 spiro atoms. The Balaban J connectivity index is 1.38. The number of benzene rings is 4. The molecule has 0 amide bonds. The molecule has 5 aliphatic rings. The van der Waals surface area contributed by atoms with E-state index in [9.17, 15) is 0 Å². The highest BCUT2D eigenvalue weighted by molar-refractivity contribution is 5.64. The fourth-order valence-corrected chi connectivity index (χ4v) is 8.09. The topological polar surface area (TPSA) is 24.7 Å². The third-order valence-corrected chi connectivity index (χ3v) is 9.24. The summed E-state index contributed by atoms with van der Waals surface area (Å²) in [6.07, 6.45) is 1.90. The SMILES string of the molecule is c1ccc(CC23N=NC(Cc4ccccc4)([C@@H]4c5ccccc5[C@H]42)[C@H]2c4ccccc4[C@H]23)cc1. The van der Waals surface area contributed by atoms with Crippen molar-refractivity contribution in [3.05, 3.63) is 143 Å². The smallest absolute Gasteiger partial charge is 0.101 e. The number of fused-ring (bicyclic) bond motifs is 2. The minimum absolute atomic E-state index is 0.210. The van der Waals surface area contributed by atoms with Gasteiger partial charge < -0.3 is 0 Å². The van der Waals surface area contributed by atoms with Gasteiger partial charge in [-0.05, 0) is 33.4 Å². The maximum Gasteiger partial charge on any atom is 0.101 e. The molecule has 2 heteroatoms. The normalized spacial score (nSPS) is 33.1. The second-order valence-electron chi connectivity index (χ2n) is 10.7. The van der Waals surface area contributed by atoms with Gasteiger partial charge in [0.25, 0.3) is 0 Å². The molecule has 2 nitrogen and oxygen atoms in total. The van der Waals surface area contributed by atoms with Crippen LogP contribution in [0.25, 0.3) is 0 Å². The summed E-state index contributed by atoms with van der Waals surface area (Å²) in [7, 11) is 0. The predicted molar refractivity (Wildman–Crippen MR) is 134 cm³/mol. The average molecular weight is 439 g/mol. The van der Waals surface area contributed by atoms with Crippen molar-refractivity contribution in [2.24, 2.45) is 10.2 Å². The fraction of sp³-hybridized carbons (Fsp3) is 0.250. The first kappa shape index (κ1) is 18.9. The Morgan fingerprint density at radius 1 is 0.412 bits per heavy atom.